The predicted molar refractivity (Wildman–Crippen MR) is 130 cm³/mol. The third-order valence-electron chi connectivity index (χ3n) is 5.31. The third-order valence-corrected chi connectivity index (χ3v) is 10.2. The highest BCUT2D eigenvalue weighted by atomic mass is 28.4. The summed E-state index contributed by atoms with van der Waals surface area (Å²) in [7, 11) is -3.00. The lowest BCUT2D eigenvalue weighted by Crippen LogP contribution is -2.67. The van der Waals surface area contributed by atoms with E-state index in [0.717, 1.165) is 10.4 Å². The topological polar surface area (TPSA) is 52.6 Å². The molecular formula is C27H28O4Si. The molecular weight excluding hydrogens is 416 g/mol. The molecule has 0 saturated carbocycles. The molecule has 0 spiro atoms. The molecule has 3 aromatic carbocycles. The number of rotatable bonds is 6. The molecule has 0 saturated heterocycles. The van der Waals surface area contributed by atoms with Gasteiger partial charge in [0.1, 0.15) is 5.75 Å². The molecule has 0 heterocycles. The molecule has 3 aromatic rings. The Kier molecular flexibility index (Phi) is 6.80. The summed E-state index contributed by atoms with van der Waals surface area (Å²) in [4.78, 5) is 25.1. The van der Waals surface area contributed by atoms with Gasteiger partial charge in [-0.05, 0) is 46.6 Å². The van der Waals surface area contributed by atoms with Crippen LogP contribution in [0.5, 0.6) is 5.75 Å². The van der Waals surface area contributed by atoms with E-state index < -0.39 is 20.3 Å². The molecule has 0 aliphatic heterocycles. The van der Waals surface area contributed by atoms with Gasteiger partial charge >= 0.3 is 20.3 Å². The molecule has 0 amide bonds. The molecule has 0 bridgehead atoms. The van der Waals surface area contributed by atoms with Crippen molar-refractivity contribution < 1.29 is 18.8 Å². The van der Waals surface area contributed by atoms with E-state index >= 15 is 0 Å². The summed E-state index contributed by atoms with van der Waals surface area (Å²) in [6.07, 6.45) is 0. The van der Waals surface area contributed by atoms with Gasteiger partial charge in [0, 0.05) is 5.57 Å². The quantitative estimate of drug-likeness (QED) is 0.235. The zero-order valence-electron chi connectivity index (χ0n) is 18.9. The van der Waals surface area contributed by atoms with Gasteiger partial charge in [-0.15, -0.1) is 0 Å². The van der Waals surface area contributed by atoms with Crippen LogP contribution in [0, 0.1) is 0 Å². The zero-order chi connectivity index (χ0) is 23.4. The van der Waals surface area contributed by atoms with Crippen LogP contribution in [0.2, 0.25) is 5.04 Å². The van der Waals surface area contributed by atoms with Crippen LogP contribution in [-0.2, 0) is 9.22 Å². The van der Waals surface area contributed by atoms with Crippen molar-refractivity contribution in [1.29, 1.82) is 0 Å². The van der Waals surface area contributed by atoms with Crippen molar-refractivity contribution in [2.45, 2.75) is 32.7 Å². The van der Waals surface area contributed by atoms with Crippen LogP contribution >= 0.6 is 0 Å². The Labute approximate surface area is 190 Å². The lowest BCUT2D eigenvalue weighted by Gasteiger charge is -2.42. The highest BCUT2D eigenvalue weighted by molar-refractivity contribution is 7.00. The Morgan fingerprint density at radius 1 is 0.781 bits per heavy atom. The second-order valence-corrected chi connectivity index (χ2v) is 13.0. The molecule has 0 N–H and O–H groups in total. The van der Waals surface area contributed by atoms with Crippen molar-refractivity contribution in [2.75, 3.05) is 0 Å². The largest absolute Gasteiger partial charge is 0.506 e. The standard InChI is InChI=1S/C27H28O4Si/c1-20(2)25(28)30-22-18-16-21(17-19-22)26(29)31-32(27(3,4)5,23-12-8-6-9-13-23)24-14-10-7-11-15-24/h6-19H,1H2,2-5H3. The second-order valence-electron chi connectivity index (χ2n) is 8.75. The van der Waals surface area contributed by atoms with Gasteiger partial charge in [0.15, 0.2) is 0 Å². The molecule has 0 aliphatic carbocycles. The van der Waals surface area contributed by atoms with Gasteiger partial charge in [-0.1, -0.05) is 88.0 Å². The fourth-order valence-electron chi connectivity index (χ4n) is 3.70. The Morgan fingerprint density at radius 2 is 1.25 bits per heavy atom. The highest BCUT2D eigenvalue weighted by Crippen LogP contribution is 2.37. The number of carbonyl (C=O) groups excluding carboxylic acids is 2. The van der Waals surface area contributed by atoms with Crippen LogP contribution in [0.15, 0.2) is 97.1 Å². The number of benzene rings is 3. The molecule has 164 valence electrons. The Bertz CT molecular complexity index is 1060. The normalized spacial score (nSPS) is 11.5. The first-order valence-corrected chi connectivity index (χ1v) is 12.4. The maximum absolute atomic E-state index is 13.4. The smallest absolute Gasteiger partial charge is 0.338 e. The summed E-state index contributed by atoms with van der Waals surface area (Å²) < 4.78 is 11.7. The molecule has 0 aliphatic rings. The zero-order valence-corrected chi connectivity index (χ0v) is 19.9. The Hall–Kier alpha value is -3.44. The molecule has 0 atom stereocenters. The van der Waals surface area contributed by atoms with E-state index in [0.29, 0.717) is 16.9 Å². The van der Waals surface area contributed by atoms with E-state index in [2.05, 4.69) is 27.4 Å². The minimum Gasteiger partial charge on any atom is -0.506 e. The minimum absolute atomic E-state index is 0.306. The molecule has 4 nitrogen and oxygen atoms in total. The lowest BCUT2D eigenvalue weighted by molar-refractivity contribution is -0.130. The van der Waals surface area contributed by atoms with Crippen molar-refractivity contribution in [3.63, 3.8) is 0 Å². The van der Waals surface area contributed by atoms with Crippen LogP contribution in [0.3, 0.4) is 0 Å². The lowest BCUT2D eigenvalue weighted by atomic mass is 10.2. The van der Waals surface area contributed by atoms with E-state index in [9.17, 15) is 9.59 Å². The molecule has 0 aromatic heterocycles. The van der Waals surface area contributed by atoms with Crippen molar-refractivity contribution >= 4 is 30.6 Å². The average molecular weight is 445 g/mol. The fourth-order valence-corrected chi connectivity index (χ4v) is 8.03. The summed E-state index contributed by atoms with van der Waals surface area (Å²) in [5, 5.41) is 1.74. The van der Waals surface area contributed by atoms with Crippen LogP contribution < -0.4 is 15.1 Å². The van der Waals surface area contributed by atoms with E-state index in [1.54, 1.807) is 31.2 Å². The maximum Gasteiger partial charge on any atom is 0.338 e. The second kappa shape index (κ2) is 9.36. The van der Waals surface area contributed by atoms with Gasteiger partial charge in [-0.3, -0.25) is 0 Å². The summed E-state index contributed by atoms with van der Waals surface area (Å²) in [6, 6.07) is 26.4. The fraction of sp³-hybridized carbons (Fsp3) is 0.185. The van der Waals surface area contributed by atoms with Gasteiger partial charge in [-0.2, -0.15) is 0 Å². The highest BCUT2D eigenvalue weighted by Gasteiger charge is 2.53. The van der Waals surface area contributed by atoms with Crippen molar-refractivity contribution in [1.82, 2.24) is 0 Å². The number of carbonyl (C=O) groups is 2. The summed E-state index contributed by atoms with van der Waals surface area (Å²) in [5.41, 5.74) is 0.702. The van der Waals surface area contributed by atoms with E-state index in [1.165, 1.54) is 0 Å². The van der Waals surface area contributed by atoms with E-state index in [4.69, 9.17) is 9.16 Å². The average Bonchev–Trinajstić information content (AvgIpc) is 2.78. The SMILES string of the molecule is C=C(C)C(=O)Oc1ccc(C(=O)O[Si](c2ccccc2)(c2ccccc2)C(C)(C)C)cc1. The van der Waals surface area contributed by atoms with Crippen LogP contribution in [0.25, 0.3) is 0 Å². The van der Waals surface area contributed by atoms with Crippen LogP contribution in [0.1, 0.15) is 38.1 Å². The van der Waals surface area contributed by atoms with Gasteiger partial charge in [0.2, 0.25) is 0 Å². The molecule has 0 fully saturated rings. The molecule has 0 radical (unpaired) electrons. The van der Waals surface area contributed by atoms with Crippen molar-refractivity contribution in [2.24, 2.45) is 0 Å². The molecule has 5 heteroatoms. The van der Waals surface area contributed by atoms with Gasteiger partial charge in [-0.25, -0.2) is 9.59 Å². The predicted octanol–water partition coefficient (Wildman–Crippen LogP) is 4.88. The third kappa shape index (κ3) is 4.73. The maximum atomic E-state index is 13.4. The van der Waals surface area contributed by atoms with Gasteiger partial charge in [0.05, 0.1) is 5.56 Å². The summed E-state index contributed by atoms with van der Waals surface area (Å²) in [5.74, 6) is -0.565. The molecule has 0 unspecified atom stereocenters. The first-order chi connectivity index (χ1) is 15.1. The number of esters is 1. The minimum atomic E-state index is -3.00. The summed E-state index contributed by atoms with van der Waals surface area (Å²) >= 11 is 0. The number of hydrogen-bond acceptors (Lipinski definition) is 4. The van der Waals surface area contributed by atoms with Crippen molar-refractivity contribution in [3.05, 3.63) is 103 Å². The van der Waals surface area contributed by atoms with Crippen molar-refractivity contribution in [3.8, 4) is 5.75 Å². The van der Waals surface area contributed by atoms with Crippen LogP contribution in [-0.4, -0.2) is 20.3 Å². The van der Waals surface area contributed by atoms with Gasteiger partial charge < -0.3 is 9.16 Å². The Morgan fingerprint density at radius 3 is 1.66 bits per heavy atom. The first kappa shape index (κ1) is 23.2. The van der Waals surface area contributed by atoms with E-state index in [-0.39, 0.29) is 5.04 Å². The number of ether oxygens (including phenoxy) is 1. The first-order valence-electron chi connectivity index (χ1n) is 10.5. The van der Waals surface area contributed by atoms with Crippen LogP contribution in [0.4, 0.5) is 0 Å². The van der Waals surface area contributed by atoms with E-state index in [1.807, 2.05) is 60.7 Å². The monoisotopic (exact) mass is 444 g/mol. The van der Waals surface area contributed by atoms with Gasteiger partial charge in [0.25, 0.3) is 0 Å². The molecule has 3 rings (SSSR count). The number of hydrogen-bond donors (Lipinski definition) is 0. The molecule has 32 heavy (non-hydrogen) atoms. The summed E-state index contributed by atoms with van der Waals surface area (Å²) in [6.45, 7) is 11.5. The Balaban J connectivity index is 2.01.